The number of amides is 1. The highest BCUT2D eigenvalue weighted by Crippen LogP contribution is 2.23. The van der Waals surface area contributed by atoms with Gasteiger partial charge in [0.15, 0.2) is 0 Å². The summed E-state index contributed by atoms with van der Waals surface area (Å²) in [6, 6.07) is 13.8. The number of aromatic nitrogens is 2. The first-order valence-corrected chi connectivity index (χ1v) is 11.0. The van der Waals surface area contributed by atoms with Crippen LogP contribution in [0.4, 0.5) is 11.4 Å². The number of carbonyl (C=O) groups is 1. The molecule has 0 fully saturated rings. The number of benzene rings is 2. The number of H-pyrrole nitrogens is 1. The number of hydrogen-bond donors (Lipinski definition) is 3. The molecule has 0 saturated heterocycles. The lowest BCUT2D eigenvalue weighted by Gasteiger charge is -2.10. The summed E-state index contributed by atoms with van der Waals surface area (Å²) >= 11 is 0. The monoisotopic (exact) mass is 428 g/mol. The van der Waals surface area contributed by atoms with Gasteiger partial charge in [0, 0.05) is 17.1 Å². The molecule has 0 aliphatic heterocycles. The molecular formula is C21H24N4O4S. The third-order valence-corrected chi connectivity index (χ3v) is 5.74. The van der Waals surface area contributed by atoms with Crippen molar-refractivity contribution in [3.05, 3.63) is 65.4 Å². The van der Waals surface area contributed by atoms with Crippen molar-refractivity contribution in [3.63, 3.8) is 0 Å². The molecule has 0 spiro atoms. The van der Waals surface area contributed by atoms with Crippen LogP contribution in [0.25, 0.3) is 0 Å². The fourth-order valence-electron chi connectivity index (χ4n) is 2.88. The summed E-state index contributed by atoms with van der Waals surface area (Å²) in [4.78, 5) is 12.8. The van der Waals surface area contributed by atoms with E-state index in [4.69, 9.17) is 4.74 Å². The predicted molar refractivity (Wildman–Crippen MR) is 116 cm³/mol. The Morgan fingerprint density at radius 1 is 1.03 bits per heavy atom. The second kappa shape index (κ2) is 9.00. The maximum Gasteiger partial charge on any atom is 0.282 e. The van der Waals surface area contributed by atoms with Gasteiger partial charge in [0.2, 0.25) is 5.03 Å². The first-order valence-electron chi connectivity index (χ1n) is 9.55. The zero-order valence-corrected chi connectivity index (χ0v) is 17.8. The molecule has 3 rings (SSSR count). The summed E-state index contributed by atoms with van der Waals surface area (Å²) in [5.74, 6) is 0.0720. The molecule has 0 atom stereocenters. The molecule has 0 aliphatic carbocycles. The van der Waals surface area contributed by atoms with E-state index in [1.54, 1.807) is 43.3 Å². The van der Waals surface area contributed by atoms with Crippen molar-refractivity contribution in [1.29, 1.82) is 0 Å². The number of nitrogens with zero attached hydrogens (tertiary/aromatic N) is 1. The lowest BCUT2D eigenvalue weighted by Crippen LogP contribution is -2.20. The average Bonchev–Trinajstić information content (AvgIpc) is 3.13. The summed E-state index contributed by atoms with van der Waals surface area (Å²) in [5.41, 5.74) is 2.36. The number of carbonyl (C=O) groups excluding carboxylic acids is 1. The molecule has 30 heavy (non-hydrogen) atoms. The molecule has 0 aliphatic rings. The van der Waals surface area contributed by atoms with Crippen LogP contribution >= 0.6 is 0 Å². The molecule has 1 aromatic heterocycles. The molecule has 0 unspecified atom stereocenters. The highest BCUT2D eigenvalue weighted by Gasteiger charge is 2.28. The van der Waals surface area contributed by atoms with E-state index < -0.39 is 15.9 Å². The number of rotatable bonds is 8. The standard InChI is InChI=1S/C21H24N4O4S/c1-4-15-6-8-16(9-7-15)22-20(26)19-14(3)23-24-21(19)30(27,28)25-17-10-12-18(13-11-17)29-5-2/h6-13,25H,4-5H2,1-3H3,(H,22,26)(H,23,24). The van der Waals surface area contributed by atoms with Crippen LogP contribution in [0.2, 0.25) is 0 Å². The van der Waals surface area contributed by atoms with Gasteiger partial charge in [-0.2, -0.15) is 13.5 Å². The predicted octanol–water partition coefficient (Wildman–Crippen LogP) is 3.73. The Balaban J connectivity index is 1.83. The van der Waals surface area contributed by atoms with E-state index in [1.807, 2.05) is 26.0 Å². The Labute approximate surface area is 175 Å². The van der Waals surface area contributed by atoms with Crippen molar-refractivity contribution in [2.75, 3.05) is 16.6 Å². The Morgan fingerprint density at radius 3 is 2.27 bits per heavy atom. The Bertz CT molecular complexity index is 1120. The van der Waals surface area contributed by atoms with Crippen LogP contribution in [0, 0.1) is 6.92 Å². The van der Waals surface area contributed by atoms with Crippen molar-refractivity contribution >= 4 is 27.3 Å². The normalized spacial score (nSPS) is 11.2. The zero-order valence-electron chi connectivity index (χ0n) is 17.0. The van der Waals surface area contributed by atoms with Crippen LogP contribution in [-0.2, 0) is 16.4 Å². The molecule has 0 radical (unpaired) electrons. The second-order valence-corrected chi connectivity index (χ2v) is 8.19. The number of aryl methyl sites for hydroxylation is 2. The SMILES string of the molecule is CCOc1ccc(NS(=O)(=O)c2n[nH]c(C)c2C(=O)Nc2ccc(CC)cc2)cc1. The molecule has 158 valence electrons. The minimum absolute atomic E-state index is 0.0343. The molecule has 3 N–H and O–H groups in total. The van der Waals surface area contributed by atoms with Gasteiger partial charge in [0.1, 0.15) is 11.3 Å². The van der Waals surface area contributed by atoms with Gasteiger partial charge in [-0.3, -0.25) is 14.6 Å². The maximum atomic E-state index is 12.9. The van der Waals surface area contributed by atoms with Crippen LogP contribution in [-0.4, -0.2) is 31.1 Å². The van der Waals surface area contributed by atoms with Crippen molar-refractivity contribution in [1.82, 2.24) is 10.2 Å². The molecule has 1 heterocycles. The Morgan fingerprint density at radius 2 is 1.67 bits per heavy atom. The highest BCUT2D eigenvalue weighted by molar-refractivity contribution is 7.92. The van der Waals surface area contributed by atoms with Crippen molar-refractivity contribution in [3.8, 4) is 5.75 Å². The second-order valence-electron chi connectivity index (χ2n) is 6.60. The van der Waals surface area contributed by atoms with E-state index >= 15 is 0 Å². The fourth-order valence-corrected chi connectivity index (χ4v) is 4.10. The number of aromatic amines is 1. The van der Waals surface area contributed by atoms with Gasteiger partial charge in [-0.25, -0.2) is 0 Å². The highest BCUT2D eigenvalue weighted by atomic mass is 32.2. The number of sulfonamides is 1. The third kappa shape index (κ3) is 4.80. The van der Waals surface area contributed by atoms with Crippen LogP contribution in [0.5, 0.6) is 5.75 Å². The Hall–Kier alpha value is -3.33. The smallest absolute Gasteiger partial charge is 0.282 e. The molecule has 0 bridgehead atoms. The third-order valence-electron chi connectivity index (χ3n) is 4.43. The molecule has 2 aromatic carbocycles. The molecule has 0 saturated carbocycles. The van der Waals surface area contributed by atoms with Gasteiger partial charge < -0.3 is 10.1 Å². The van der Waals surface area contributed by atoms with Crippen molar-refractivity contribution < 1.29 is 17.9 Å². The maximum absolute atomic E-state index is 12.9. The largest absolute Gasteiger partial charge is 0.494 e. The van der Waals surface area contributed by atoms with Gasteiger partial charge in [0.05, 0.1) is 6.61 Å². The number of anilines is 2. The molecule has 8 nitrogen and oxygen atoms in total. The van der Waals surface area contributed by atoms with E-state index in [9.17, 15) is 13.2 Å². The summed E-state index contributed by atoms with van der Waals surface area (Å²) in [5, 5.41) is 8.81. The first-order chi connectivity index (χ1) is 14.3. The van der Waals surface area contributed by atoms with E-state index in [-0.39, 0.29) is 10.6 Å². The fraction of sp³-hybridized carbons (Fsp3) is 0.238. The molecular weight excluding hydrogens is 404 g/mol. The van der Waals surface area contributed by atoms with Gasteiger partial charge in [0.25, 0.3) is 15.9 Å². The van der Waals surface area contributed by atoms with Gasteiger partial charge in [-0.15, -0.1) is 0 Å². The average molecular weight is 429 g/mol. The number of ether oxygens (including phenoxy) is 1. The zero-order chi connectivity index (χ0) is 21.7. The van der Waals surface area contributed by atoms with E-state index in [0.717, 1.165) is 12.0 Å². The number of nitrogens with one attached hydrogen (secondary N) is 3. The van der Waals surface area contributed by atoms with E-state index in [0.29, 0.717) is 29.4 Å². The lowest BCUT2D eigenvalue weighted by atomic mass is 10.1. The van der Waals surface area contributed by atoms with Crippen molar-refractivity contribution in [2.45, 2.75) is 32.2 Å². The minimum atomic E-state index is -4.09. The van der Waals surface area contributed by atoms with Gasteiger partial charge in [-0.1, -0.05) is 19.1 Å². The molecule has 1 amide bonds. The van der Waals surface area contributed by atoms with E-state index in [2.05, 4.69) is 20.2 Å². The van der Waals surface area contributed by atoms with Crippen LogP contribution < -0.4 is 14.8 Å². The van der Waals surface area contributed by atoms with Crippen molar-refractivity contribution in [2.24, 2.45) is 0 Å². The van der Waals surface area contributed by atoms with E-state index in [1.165, 1.54) is 0 Å². The summed E-state index contributed by atoms with van der Waals surface area (Å²) < 4.78 is 33.6. The summed E-state index contributed by atoms with van der Waals surface area (Å²) in [6.45, 7) is 6.01. The summed E-state index contributed by atoms with van der Waals surface area (Å²) in [7, 11) is -4.09. The Kier molecular flexibility index (Phi) is 6.41. The number of hydrogen-bond acceptors (Lipinski definition) is 5. The minimum Gasteiger partial charge on any atom is -0.494 e. The summed E-state index contributed by atoms with van der Waals surface area (Å²) in [6.07, 6.45) is 0.884. The quantitative estimate of drug-likeness (QED) is 0.506. The molecule has 3 aromatic rings. The van der Waals surface area contributed by atoms with Crippen LogP contribution in [0.1, 0.15) is 35.5 Å². The van der Waals surface area contributed by atoms with Crippen LogP contribution in [0.15, 0.2) is 53.6 Å². The van der Waals surface area contributed by atoms with Gasteiger partial charge in [-0.05, 0) is 62.2 Å². The van der Waals surface area contributed by atoms with Gasteiger partial charge >= 0.3 is 0 Å². The lowest BCUT2D eigenvalue weighted by molar-refractivity contribution is 0.102. The topological polar surface area (TPSA) is 113 Å². The molecule has 9 heteroatoms. The first kappa shape index (κ1) is 21.4. The van der Waals surface area contributed by atoms with Crippen LogP contribution in [0.3, 0.4) is 0 Å².